The van der Waals surface area contributed by atoms with Crippen molar-refractivity contribution in [2.45, 2.75) is 25.7 Å². The fourth-order valence-corrected chi connectivity index (χ4v) is 2.46. The van der Waals surface area contributed by atoms with Crippen molar-refractivity contribution in [2.24, 2.45) is 16.6 Å². The summed E-state index contributed by atoms with van der Waals surface area (Å²) in [5.74, 6) is 1.20. The summed E-state index contributed by atoms with van der Waals surface area (Å²) in [4.78, 5) is 4.29. The van der Waals surface area contributed by atoms with E-state index in [-0.39, 0.29) is 0 Å². The SMILES string of the molecule is NC(=NC=Cc1ccc(Cl)c(Cl)c1)C1CCCC1. The van der Waals surface area contributed by atoms with Crippen LogP contribution in [-0.4, -0.2) is 5.84 Å². The molecule has 0 aliphatic heterocycles. The predicted molar refractivity (Wildman–Crippen MR) is 79.1 cm³/mol. The lowest BCUT2D eigenvalue weighted by atomic mass is 10.1. The summed E-state index contributed by atoms with van der Waals surface area (Å²) in [5, 5.41) is 1.11. The molecular formula is C14H16Cl2N2. The molecule has 0 spiro atoms. The monoisotopic (exact) mass is 282 g/mol. The minimum atomic E-state index is 0.462. The van der Waals surface area contributed by atoms with Crippen LogP contribution in [0, 0.1) is 5.92 Å². The van der Waals surface area contributed by atoms with Crippen molar-refractivity contribution in [3.63, 3.8) is 0 Å². The molecule has 1 aliphatic carbocycles. The van der Waals surface area contributed by atoms with Crippen LogP contribution in [0.2, 0.25) is 10.0 Å². The van der Waals surface area contributed by atoms with E-state index in [9.17, 15) is 0 Å². The van der Waals surface area contributed by atoms with E-state index >= 15 is 0 Å². The molecule has 0 radical (unpaired) electrons. The normalized spacial score (nSPS) is 17.8. The highest BCUT2D eigenvalue weighted by Crippen LogP contribution is 2.25. The van der Waals surface area contributed by atoms with Gasteiger partial charge in [-0.25, -0.2) is 4.99 Å². The van der Waals surface area contributed by atoms with Crippen molar-refractivity contribution in [1.29, 1.82) is 0 Å². The van der Waals surface area contributed by atoms with Gasteiger partial charge in [0.1, 0.15) is 5.84 Å². The minimum absolute atomic E-state index is 0.462. The lowest BCUT2D eigenvalue weighted by molar-refractivity contribution is 0.722. The molecule has 96 valence electrons. The van der Waals surface area contributed by atoms with Crippen molar-refractivity contribution in [3.05, 3.63) is 40.0 Å². The van der Waals surface area contributed by atoms with Crippen molar-refractivity contribution < 1.29 is 0 Å². The highest BCUT2D eigenvalue weighted by molar-refractivity contribution is 6.42. The van der Waals surface area contributed by atoms with Crippen molar-refractivity contribution in [3.8, 4) is 0 Å². The third-order valence-electron chi connectivity index (χ3n) is 3.21. The Hall–Kier alpha value is -0.990. The second-order valence-corrected chi connectivity index (χ2v) is 5.34. The standard InChI is InChI=1S/C14H16Cl2N2/c15-12-6-5-10(9-13(12)16)7-8-18-14(17)11-3-1-2-4-11/h5-9,11H,1-4H2,(H2,17,18). The minimum Gasteiger partial charge on any atom is -0.387 e. The van der Waals surface area contributed by atoms with E-state index in [1.54, 1.807) is 12.3 Å². The Labute approximate surface area is 117 Å². The third kappa shape index (κ3) is 3.50. The Balaban J connectivity index is 2.01. The van der Waals surface area contributed by atoms with E-state index in [4.69, 9.17) is 28.9 Å². The molecular weight excluding hydrogens is 267 g/mol. The van der Waals surface area contributed by atoms with Crippen LogP contribution in [0.4, 0.5) is 0 Å². The summed E-state index contributed by atoms with van der Waals surface area (Å²) in [6.07, 6.45) is 8.46. The smallest absolute Gasteiger partial charge is 0.102 e. The molecule has 1 fully saturated rings. The van der Waals surface area contributed by atoms with Gasteiger partial charge in [0.2, 0.25) is 0 Å². The lowest BCUT2D eigenvalue weighted by Crippen LogP contribution is -2.20. The molecule has 1 saturated carbocycles. The summed E-state index contributed by atoms with van der Waals surface area (Å²) in [6.45, 7) is 0. The first kappa shape index (κ1) is 13.4. The Morgan fingerprint density at radius 2 is 1.94 bits per heavy atom. The van der Waals surface area contributed by atoms with Crippen LogP contribution in [0.5, 0.6) is 0 Å². The average Bonchev–Trinajstić information content (AvgIpc) is 2.87. The zero-order chi connectivity index (χ0) is 13.0. The third-order valence-corrected chi connectivity index (χ3v) is 3.95. The zero-order valence-electron chi connectivity index (χ0n) is 10.1. The molecule has 4 heteroatoms. The fraction of sp³-hybridized carbons (Fsp3) is 0.357. The van der Waals surface area contributed by atoms with Crippen LogP contribution in [0.1, 0.15) is 31.2 Å². The number of amidine groups is 1. The van der Waals surface area contributed by atoms with E-state index in [0.717, 1.165) is 24.2 Å². The number of nitrogens with zero attached hydrogens (tertiary/aromatic N) is 1. The van der Waals surface area contributed by atoms with Crippen LogP contribution in [-0.2, 0) is 0 Å². The summed E-state index contributed by atoms with van der Waals surface area (Å²) in [6, 6.07) is 5.47. The first-order valence-electron chi connectivity index (χ1n) is 6.11. The molecule has 0 amide bonds. The van der Waals surface area contributed by atoms with Gasteiger partial charge in [-0.1, -0.05) is 42.1 Å². The van der Waals surface area contributed by atoms with Crippen LogP contribution >= 0.6 is 23.2 Å². The van der Waals surface area contributed by atoms with Gasteiger partial charge in [0.15, 0.2) is 0 Å². The first-order chi connectivity index (χ1) is 8.66. The van der Waals surface area contributed by atoms with Crippen molar-refractivity contribution in [2.75, 3.05) is 0 Å². The average molecular weight is 283 g/mol. The first-order valence-corrected chi connectivity index (χ1v) is 6.87. The zero-order valence-corrected chi connectivity index (χ0v) is 11.6. The Morgan fingerprint density at radius 3 is 2.61 bits per heavy atom. The Kier molecular flexibility index (Phi) is 4.67. The maximum atomic E-state index is 5.95. The highest BCUT2D eigenvalue weighted by Gasteiger charge is 2.17. The molecule has 18 heavy (non-hydrogen) atoms. The van der Waals surface area contributed by atoms with Gasteiger partial charge >= 0.3 is 0 Å². The lowest BCUT2D eigenvalue weighted by Gasteiger charge is -2.05. The van der Waals surface area contributed by atoms with Gasteiger partial charge in [0.05, 0.1) is 10.0 Å². The molecule has 2 rings (SSSR count). The summed E-state index contributed by atoms with van der Waals surface area (Å²) < 4.78 is 0. The van der Waals surface area contributed by atoms with Gasteiger partial charge in [-0.3, -0.25) is 0 Å². The van der Waals surface area contributed by atoms with Gasteiger partial charge in [0.25, 0.3) is 0 Å². The number of halogens is 2. The number of aliphatic imine (C=N–C) groups is 1. The van der Waals surface area contributed by atoms with Crippen molar-refractivity contribution >= 4 is 35.1 Å². The summed E-state index contributed by atoms with van der Waals surface area (Å²) in [5.41, 5.74) is 6.91. The number of hydrogen-bond donors (Lipinski definition) is 1. The number of nitrogens with two attached hydrogens (primary N) is 1. The molecule has 2 nitrogen and oxygen atoms in total. The highest BCUT2D eigenvalue weighted by atomic mass is 35.5. The van der Waals surface area contributed by atoms with E-state index < -0.39 is 0 Å². The maximum Gasteiger partial charge on any atom is 0.102 e. The Morgan fingerprint density at radius 1 is 1.22 bits per heavy atom. The van der Waals surface area contributed by atoms with Crippen LogP contribution in [0.25, 0.3) is 6.08 Å². The van der Waals surface area contributed by atoms with Crippen LogP contribution < -0.4 is 5.73 Å². The van der Waals surface area contributed by atoms with Gasteiger partial charge in [0, 0.05) is 12.1 Å². The number of hydrogen-bond acceptors (Lipinski definition) is 1. The number of benzene rings is 1. The largest absolute Gasteiger partial charge is 0.387 e. The fourth-order valence-electron chi connectivity index (χ4n) is 2.15. The quantitative estimate of drug-likeness (QED) is 0.643. The molecule has 1 aliphatic rings. The molecule has 0 aromatic heterocycles. The molecule has 0 bridgehead atoms. The molecule has 2 N–H and O–H groups in total. The van der Waals surface area contributed by atoms with Gasteiger partial charge in [-0.05, 0) is 36.6 Å². The van der Waals surface area contributed by atoms with Gasteiger partial charge in [-0.15, -0.1) is 0 Å². The second kappa shape index (κ2) is 6.26. The molecule has 0 saturated heterocycles. The maximum absolute atomic E-state index is 5.95. The molecule has 1 aromatic rings. The van der Waals surface area contributed by atoms with E-state index in [1.165, 1.54) is 12.8 Å². The van der Waals surface area contributed by atoms with Crippen molar-refractivity contribution in [1.82, 2.24) is 0 Å². The molecule has 0 heterocycles. The van der Waals surface area contributed by atoms with Gasteiger partial charge in [-0.2, -0.15) is 0 Å². The van der Waals surface area contributed by atoms with E-state index in [1.807, 2.05) is 18.2 Å². The Bertz CT molecular complexity index is 475. The molecule has 1 aromatic carbocycles. The van der Waals surface area contributed by atoms with Crippen LogP contribution in [0.3, 0.4) is 0 Å². The van der Waals surface area contributed by atoms with Crippen LogP contribution in [0.15, 0.2) is 29.4 Å². The topological polar surface area (TPSA) is 38.4 Å². The molecule has 0 atom stereocenters. The number of rotatable bonds is 3. The summed E-state index contributed by atoms with van der Waals surface area (Å²) in [7, 11) is 0. The van der Waals surface area contributed by atoms with E-state index in [0.29, 0.717) is 16.0 Å². The van der Waals surface area contributed by atoms with E-state index in [2.05, 4.69) is 4.99 Å². The summed E-state index contributed by atoms with van der Waals surface area (Å²) >= 11 is 11.8. The molecule has 0 unspecified atom stereocenters. The predicted octanol–water partition coefficient (Wildman–Crippen LogP) is 4.51. The van der Waals surface area contributed by atoms with Gasteiger partial charge < -0.3 is 5.73 Å². The second-order valence-electron chi connectivity index (χ2n) is 4.52.